The number of aromatic nitrogens is 2. The fourth-order valence-corrected chi connectivity index (χ4v) is 2.35. The zero-order valence-corrected chi connectivity index (χ0v) is 12.4. The van der Waals surface area contributed by atoms with E-state index in [2.05, 4.69) is 14.1 Å². The van der Waals surface area contributed by atoms with Crippen molar-refractivity contribution in [2.45, 2.75) is 20.3 Å². The maximum atomic E-state index is 12.0. The summed E-state index contributed by atoms with van der Waals surface area (Å²) in [5.41, 5.74) is 0.352. The second kappa shape index (κ2) is 5.34. The van der Waals surface area contributed by atoms with Gasteiger partial charge in [0.25, 0.3) is 0 Å². The summed E-state index contributed by atoms with van der Waals surface area (Å²) < 4.78 is 8.14. The van der Waals surface area contributed by atoms with Crippen LogP contribution in [-0.4, -0.2) is 25.7 Å². The van der Waals surface area contributed by atoms with Crippen LogP contribution in [0.15, 0.2) is 12.1 Å². The minimum absolute atomic E-state index is 0.160. The van der Waals surface area contributed by atoms with Gasteiger partial charge in [0.2, 0.25) is 5.91 Å². The van der Waals surface area contributed by atoms with E-state index in [4.69, 9.17) is 16.7 Å². The first kappa shape index (κ1) is 14.7. The Hall–Kier alpha value is -1.73. The van der Waals surface area contributed by atoms with Crippen molar-refractivity contribution in [1.29, 1.82) is 0 Å². The smallest absolute Gasteiger partial charge is 0.309 e. The number of halogens is 1. The maximum Gasteiger partial charge on any atom is 0.309 e. The van der Waals surface area contributed by atoms with Gasteiger partial charge >= 0.3 is 5.97 Å². The number of hydrogen-bond acceptors (Lipinski definition) is 5. The Balaban J connectivity index is 2.24. The van der Waals surface area contributed by atoms with E-state index in [1.54, 1.807) is 12.1 Å². The molecule has 1 heterocycles. The first-order valence-electron chi connectivity index (χ1n) is 5.75. The van der Waals surface area contributed by atoms with Crippen molar-refractivity contribution >= 4 is 51.9 Å². The average molecular weight is 314 g/mol. The van der Waals surface area contributed by atoms with Gasteiger partial charge in [0.1, 0.15) is 11.0 Å². The standard InChI is InChI=1S/C12H12ClN3O3S/c1-12(2,11(18)19)5-8(17)14-9-6(13)3-4-7-10(9)16-20-15-7/h3-4H,5H2,1-2H3,(H,14,17)(H,18,19). The van der Waals surface area contributed by atoms with Gasteiger partial charge in [0, 0.05) is 6.42 Å². The van der Waals surface area contributed by atoms with Gasteiger partial charge in [-0.25, -0.2) is 0 Å². The number of carboxylic acids is 1. The lowest BCUT2D eigenvalue weighted by Crippen LogP contribution is -2.29. The Morgan fingerprint density at radius 2 is 2.10 bits per heavy atom. The molecule has 0 aliphatic rings. The quantitative estimate of drug-likeness (QED) is 0.905. The normalized spacial score (nSPS) is 11.6. The van der Waals surface area contributed by atoms with Gasteiger partial charge in [0.05, 0.1) is 27.9 Å². The lowest BCUT2D eigenvalue weighted by atomic mass is 9.89. The number of nitrogens with one attached hydrogen (secondary N) is 1. The molecule has 0 aliphatic carbocycles. The van der Waals surface area contributed by atoms with Crippen molar-refractivity contribution in [3.8, 4) is 0 Å². The van der Waals surface area contributed by atoms with E-state index in [-0.39, 0.29) is 6.42 Å². The molecule has 20 heavy (non-hydrogen) atoms. The van der Waals surface area contributed by atoms with Crippen LogP contribution < -0.4 is 5.32 Å². The highest BCUT2D eigenvalue weighted by Gasteiger charge is 2.30. The Labute approximate surface area is 124 Å². The summed E-state index contributed by atoms with van der Waals surface area (Å²) >= 11 is 7.06. The van der Waals surface area contributed by atoms with Crippen LogP contribution in [-0.2, 0) is 9.59 Å². The first-order chi connectivity index (χ1) is 9.31. The van der Waals surface area contributed by atoms with Gasteiger partial charge in [-0.1, -0.05) is 11.6 Å². The van der Waals surface area contributed by atoms with E-state index in [1.807, 2.05) is 0 Å². The first-order valence-corrected chi connectivity index (χ1v) is 6.86. The molecule has 2 aromatic rings. The summed E-state index contributed by atoms with van der Waals surface area (Å²) in [6, 6.07) is 3.32. The third-order valence-electron chi connectivity index (χ3n) is 2.82. The number of rotatable bonds is 4. The molecule has 0 fully saturated rings. The monoisotopic (exact) mass is 313 g/mol. The van der Waals surface area contributed by atoms with Crippen molar-refractivity contribution in [3.63, 3.8) is 0 Å². The molecular formula is C12H12ClN3O3S. The lowest BCUT2D eigenvalue weighted by Gasteiger charge is -2.18. The highest BCUT2D eigenvalue weighted by atomic mass is 35.5. The molecule has 2 rings (SSSR count). The Bertz CT molecular complexity index is 684. The molecule has 1 amide bonds. The van der Waals surface area contributed by atoms with Crippen molar-refractivity contribution < 1.29 is 14.7 Å². The molecule has 8 heteroatoms. The molecule has 0 atom stereocenters. The second-order valence-corrected chi connectivity index (χ2v) is 5.90. The van der Waals surface area contributed by atoms with Crippen LogP contribution in [0.3, 0.4) is 0 Å². The Morgan fingerprint density at radius 3 is 2.75 bits per heavy atom. The van der Waals surface area contributed by atoms with Crippen LogP contribution in [0.5, 0.6) is 0 Å². The average Bonchev–Trinajstić information content (AvgIpc) is 2.80. The fourth-order valence-electron chi connectivity index (χ4n) is 1.61. The van der Waals surface area contributed by atoms with Gasteiger partial charge in [-0.15, -0.1) is 0 Å². The van der Waals surface area contributed by atoms with Crippen LogP contribution >= 0.6 is 23.3 Å². The molecule has 0 unspecified atom stereocenters. The third kappa shape index (κ3) is 2.88. The molecule has 0 saturated heterocycles. The summed E-state index contributed by atoms with van der Waals surface area (Å²) in [5, 5.41) is 12.0. The Kier molecular flexibility index (Phi) is 3.92. The van der Waals surface area contributed by atoms with E-state index in [0.717, 1.165) is 11.7 Å². The Morgan fingerprint density at radius 1 is 1.40 bits per heavy atom. The van der Waals surface area contributed by atoms with Gasteiger partial charge < -0.3 is 10.4 Å². The number of amides is 1. The van der Waals surface area contributed by atoms with Crippen molar-refractivity contribution in [3.05, 3.63) is 17.2 Å². The summed E-state index contributed by atoms with van der Waals surface area (Å²) in [5.74, 6) is -1.47. The predicted octanol–water partition coefficient (Wildman–Crippen LogP) is 2.78. The van der Waals surface area contributed by atoms with Gasteiger partial charge in [-0.05, 0) is 26.0 Å². The number of nitrogens with zero attached hydrogens (tertiary/aromatic N) is 2. The number of benzene rings is 1. The molecule has 2 N–H and O–H groups in total. The second-order valence-electron chi connectivity index (χ2n) is 4.97. The minimum Gasteiger partial charge on any atom is -0.481 e. The third-order valence-corrected chi connectivity index (χ3v) is 3.68. The number of anilines is 1. The van der Waals surface area contributed by atoms with Crippen molar-refractivity contribution in [2.75, 3.05) is 5.32 Å². The SMILES string of the molecule is CC(C)(CC(=O)Nc1c(Cl)ccc2nsnc12)C(=O)O. The van der Waals surface area contributed by atoms with E-state index < -0.39 is 17.3 Å². The highest BCUT2D eigenvalue weighted by Crippen LogP contribution is 2.31. The molecule has 6 nitrogen and oxygen atoms in total. The van der Waals surface area contributed by atoms with Gasteiger partial charge in [-0.3, -0.25) is 9.59 Å². The molecular weight excluding hydrogens is 302 g/mol. The molecule has 106 valence electrons. The maximum absolute atomic E-state index is 12.0. The zero-order valence-electron chi connectivity index (χ0n) is 10.8. The summed E-state index contributed by atoms with van der Waals surface area (Å²) in [4.78, 5) is 23.0. The molecule has 0 aliphatic heterocycles. The van der Waals surface area contributed by atoms with Crippen LogP contribution in [0.2, 0.25) is 5.02 Å². The summed E-state index contributed by atoms with van der Waals surface area (Å²) in [6.07, 6.45) is -0.160. The van der Waals surface area contributed by atoms with Crippen LogP contribution in [0.25, 0.3) is 11.0 Å². The number of fused-ring (bicyclic) bond motifs is 1. The largest absolute Gasteiger partial charge is 0.481 e. The molecule has 1 aromatic carbocycles. The zero-order chi connectivity index (χ0) is 14.9. The number of carbonyl (C=O) groups is 2. The van der Waals surface area contributed by atoms with Crippen molar-refractivity contribution in [2.24, 2.45) is 5.41 Å². The van der Waals surface area contributed by atoms with Crippen LogP contribution in [0, 0.1) is 5.41 Å². The molecule has 1 aromatic heterocycles. The number of hydrogen-bond donors (Lipinski definition) is 2. The van der Waals surface area contributed by atoms with E-state index >= 15 is 0 Å². The number of carboxylic acid groups (broad SMARTS) is 1. The van der Waals surface area contributed by atoms with Gasteiger partial charge in [0.15, 0.2) is 0 Å². The van der Waals surface area contributed by atoms with Crippen molar-refractivity contribution in [1.82, 2.24) is 8.75 Å². The van der Waals surface area contributed by atoms with E-state index in [1.165, 1.54) is 13.8 Å². The summed E-state index contributed by atoms with van der Waals surface area (Å²) in [6.45, 7) is 2.98. The van der Waals surface area contributed by atoms with Crippen LogP contribution in [0.4, 0.5) is 5.69 Å². The van der Waals surface area contributed by atoms with Gasteiger partial charge in [-0.2, -0.15) is 8.75 Å². The summed E-state index contributed by atoms with van der Waals surface area (Å²) in [7, 11) is 0. The van der Waals surface area contributed by atoms with Crippen LogP contribution in [0.1, 0.15) is 20.3 Å². The van der Waals surface area contributed by atoms with E-state index in [0.29, 0.717) is 21.7 Å². The topological polar surface area (TPSA) is 92.2 Å². The molecule has 0 bridgehead atoms. The number of aliphatic carboxylic acids is 1. The minimum atomic E-state index is -1.15. The highest BCUT2D eigenvalue weighted by molar-refractivity contribution is 7.00. The molecule has 0 radical (unpaired) electrons. The fraction of sp³-hybridized carbons (Fsp3) is 0.333. The number of carbonyl (C=O) groups excluding carboxylic acids is 1. The molecule has 0 saturated carbocycles. The lowest BCUT2D eigenvalue weighted by molar-refractivity contribution is -0.148. The predicted molar refractivity (Wildman–Crippen MR) is 77.1 cm³/mol. The molecule has 0 spiro atoms. The van der Waals surface area contributed by atoms with E-state index in [9.17, 15) is 9.59 Å².